The van der Waals surface area contributed by atoms with Crippen LogP contribution in [0.2, 0.25) is 0 Å². The molecule has 0 aliphatic carbocycles. The van der Waals surface area contributed by atoms with Gasteiger partial charge in [0.1, 0.15) is 5.75 Å². The lowest BCUT2D eigenvalue weighted by Crippen LogP contribution is -1.97. The molecular formula is C12H12F2N2O2. The van der Waals surface area contributed by atoms with E-state index in [0.29, 0.717) is 16.7 Å². The van der Waals surface area contributed by atoms with Crippen molar-refractivity contribution in [3.8, 4) is 16.9 Å². The number of hydrogen-bond donors (Lipinski definition) is 1. The highest BCUT2D eigenvalue weighted by Crippen LogP contribution is 2.40. The summed E-state index contributed by atoms with van der Waals surface area (Å²) in [6, 6.07) is 3.09. The van der Waals surface area contributed by atoms with Crippen LogP contribution in [-0.2, 0) is 0 Å². The minimum atomic E-state index is -2.63. The first-order valence-electron chi connectivity index (χ1n) is 5.21. The third-order valence-electron chi connectivity index (χ3n) is 2.59. The van der Waals surface area contributed by atoms with Crippen molar-refractivity contribution in [2.24, 2.45) is 0 Å². The molecular weight excluding hydrogens is 242 g/mol. The van der Waals surface area contributed by atoms with Crippen LogP contribution in [0.4, 0.5) is 14.7 Å². The van der Waals surface area contributed by atoms with Crippen molar-refractivity contribution in [3.63, 3.8) is 0 Å². The Kier molecular flexibility index (Phi) is 3.18. The van der Waals surface area contributed by atoms with E-state index in [-0.39, 0.29) is 17.2 Å². The smallest absolute Gasteiger partial charge is 0.267 e. The van der Waals surface area contributed by atoms with E-state index in [9.17, 15) is 8.78 Å². The van der Waals surface area contributed by atoms with Crippen molar-refractivity contribution < 1.29 is 18.0 Å². The molecule has 0 radical (unpaired) electrons. The quantitative estimate of drug-likeness (QED) is 0.913. The zero-order chi connectivity index (χ0) is 13.3. The van der Waals surface area contributed by atoms with Crippen molar-refractivity contribution in [2.75, 3.05) is 12.8 Å². The molecule has 2 rings (SSSR count). The van der Waals surface area contributed by atoms with E-state index in [1.165, 1.54) is 19.4 Å². The number of anilines is 1. The fourth-order valence-electron chi connectivity index (χ4n) is 1.84. The molecule has 0 fully saturated rings. The topological polar surface area (TPSA) is 61.3 Å². The van der Waals surface area contributed by atoms with E-state index in [2.05, 4.69) is 5.16 Å². The Balaban J connectivity index is 2.70. The zero-order valence-corrected chi connectivity index (χ0v) is 9.91. The Hall–Kier alpha value is -2.11. The number of benzene rings is 1. The van der Waals surface area contributed by atoms with E-state index in [4.69, 9.17) is 15.0 Å². The van der Waals surface area contributed by atoms with Crippen LogP contribution in [0, 0.1) is 6.92 Å². The normalized spacial score (nSPS) is 10.9. The second kappa shape index (κ2) is 4.64. The second-order valence-corrected chi connectivity index (χ2v) is 3.84. The minimum Gasteiger partial charge on any atom is -0.496 e. The maximum absolute atomic E-state index is 13.0. The standard InChI is InChI=1S/C12H12F2N2O2/c1-6-3-7(9-5-16-18-12(9)15)10(17-2)8(4-6)11(13)14/h3-5,11H,15H2,1-2H3. The molecule has 6 heteroatoms. The number of methoxy groups -OCH3 is 1. The number of alkyl halides is 2. The van der Waals surface area contributed by atoms with Crippen molar-refractivity contribution in [1.29, 1.82) is 0 Å². The van der Waals surface area contributed by atoms with Crippen LogP contribution in [-0.4, -0.2) is 12.3 Å². The van der Waals surface area contributed by atoms with Gasteiger partial charge in [-0.15, -0.1) is 0 Å². The molecule has 0 unspecified atom stereocenters. The number of nitrogen functional groups attached to an aromatic ring is 1. The predicted octanol–water partition coefficient (Wildman–Crippen LogP) is 3.18. The summed E-state index contributed by atoms with van der Waals surface area (Å²) in [5.41, 5.74) is 7.00. The van der Waals surface area contributed by atoms with Crippen LogP contribution in [0.25, 0.3) is 11.1 Å². The summed E-state index contributed by atoms with van der Waals surface area (Å²) >= 11 is 0. The van der Waals surface area contributed by atoms with E-state index in [1.54, 1.807) is 13.0 Å². The number of nitrogens with two attached hydrogens (primary N) is 1. The van der Waals surface area contributed by atoms with Crippen molar-refractivity contribution in [3.05, 3.63) is 29.5 Å². The molecule has 4 nitrogen and oxygen atoms in total. The van der Waals surface area contributed by atoms with Crippen molar-refractivity contribution >= 4 is 5.88 Å². The van der Waals surface area contributed by atoms with Gasteiger partial charge in [0, 0.05) is 5.56 Å². The van der Waals surface area contributed by atoms with Gasteiger partial charge in [-0.05, 0) is 24.6 Å². The SMILES string of the molecule is COc1c(-c2cnoc2N)cc(C)cc1C(F)F. The number of hydrogen-bond acceptors (Lipinski definition) is 4. The van der Waals surface area contributed by atoms with Crippen molar-refractivity contribution in [1.82, 2.24) is 5.16 Å². The molecule has 1 aromatic carbocycles. The summed E-state index contributed by atoms with van der Waals surface area (Å²) in [4.78, 5) is 0. The van der Waals surface area contributed by atoms with Gasteiger partial charge in [-0.1, -0.05) is 5.16 Å². The van der Waals surface area contributed by atoms with Crippen LogP contribution >= 0.6 is 0 Å². The van der Waals surface area contributed by atoms with Gasteiger partial charge in [0.25, 0.3) is 6.43 Å². The molecule has 0 spiro atoms. The van der Waals surface area contributed by atoms with E-state index >= 15 is 0 Å². The largest absolute Gasteiger partial charge is 0.496 e. The summed E-state index contributed by atoms with van der Waals surface area (Å²) in [5.74, 6) is 0.157. The molecule has 2 N–H and O–H groups in total. The van der Waals surface area contributed by atoms with Crippen LogP contribution in [0.3, 0.4) is 0 Å². The zero-order valence-electron chi connectivity index (χ0n) is 9.91. The van der Waals surface area contributed by atoms with Crippen LogP contribution < -0.4 is 10.5 Å². The molecule has 0 amide bonds. The molecule has 18 heavy (non-hydrogen) atoms. The fraction of sp³-hybridized carbons (Fsp3) is 0.250. The van der Waals surface area contributed by atoms with Gasteiger partial charge in [-0.3, -0.25) is 0 Å². The summed E-state index contributed by atoms with van der Waals surface area (Å²) in [6.45, 7) is 1.72. The molecule has 2 aromatic rings. The number of aromatic nitrogens is 1. The van der Waals surface area contributed by atoms with E-state index in [0.717, 1.165) is 0 Å². The monoisotopic (exact) mass is 254 g/mol. The Labute approximate surface area is 102 Å². The van der Waals surface area contributed by atoms with E-state index < -0.39 is 6.43 Å². The average Bonchev–Trinajstić information content (AvgIpc) is 2.74. The van der Waals surface area contributed by atoms with Crippen LogP contribution in [0.15, 0.2) is 22.9 Å². The lowest BCUT2D eigenvalue weighted by Gasteiger charge is -2.13. The maximum Gasteiger partial charge on any atom is 0.267 e. The van der Waals surface area contributed by atoms with Crippen LogP contribution in [0.1, 0.15) is 17.6 Å². The first kappa shape index (κ1) is 12.3. The highest BCUT2D eigenvalue weighted by Gasteiger charge is 2.21. The van der Waals surface area contributed by atoms with Gasteiger partial charge in [0.2, 0.25) is 5.88 Å². The Morgan fingerprint density at radius 1 is 1.33 bits per heavy atom. The third kappa shape index (κ3) is 2.01. The van der Waals surface area contributed by atoms with Gasteiger partial charge in [-0.25, -0.2) is 8.78 Å². The number of halogens is 2. The fourth-order valence-corrected chi connectivity index (χ4v) is 1.84. The first-order chi connectivity index (χ1) is 8.54. The Morgan fingerprint density at radius 3 is 2.56 bits per heavy atom. The molecule has 1 aromatic heterocycles. The van der Waals surface area contributed by atoms with Gasteiger partial charge in [-0.2, -0.15) is 0 Å². The summed E-state index contributed by atoms with van der Waals surface area (Å²) < 4.78 is 35.7. The highest BCUT2D eigenvalue weighted by atomic mass is 19.3. The molecule has 1 heterocycles. The molecule has 0 bridgehead atoms. The number of nitrogens with zero attached hydrogens (tertiary/aromatic N) is 1. The van der Waals surface area contributed by atoms with Gasteiger partial charge in [0.05, 0.1) is 24.4 Å². The molecule has 0 saturated heterocycles. The molecule has 0 saturated carbocycles. The number of aryl methyl sites for hydroxylation is 1. The predicted molar refractivity (Wildman–Crippen MR) is 62.6 cm³/mol. The highest BCUT2D eigenvalue weighted by molar-refractivity contribution is 5.79. The number of rotatable bonds is 3. The average molecular weight is 254 g/mol. The summed E-state index contributed by atoms with van der Waals surface area (Å²) in [6.07, 6.45) is -1.25. The van der Waals surface area contributed by atoms with Gasteiger partial charge >= 0.3 is 0 Å². The van der Waals surface area contributed by atoms with Crippen molar-refractivity contribution in [2.45, 2.75) is 13.3 Å². The Morgan fingerprint density at radius 2 is 2.06 bits per heavy atom. The van der Waals surface area contributed by atoms with Gasteiger partial charge < -0.3 is 15.0 Å². The van der Waals surface area contributed by atoms with Crippen LogP contribution in [0.5, 0.6) is 5.75 Å². The van der Waals surface area contributed by atoms with Gasteiger partial charge in [0.15, 0.2) is 0 Å². The molecule has 96 valence electrons. The lowest BCUT2D eigenvalue weighted by atomic mass is 10.0. The molecule has 0 aliphatic rings. The minimum absolute atomic E-state index is 0.0686. The molecule has 0 aliphatic heterocycles. The summed E-state index contributed by atoms with van der Waals surface area (Å²) in [7, 11) is 1.34. The lowest BCUT2D eigenvalue weighted by molar-refractivity contribution is 0.147. The van der Waals surface area contributed by atoms with E-state index in [1.807, 2.05) is 0 Å². The summed E-state index contributed by atoms with van der Waals surface area (Å²) in [5, 5.41) is 3.53. The maximum atomic E-state index is 13.0. The first-order valence-corrected chi connectivity index (χ1v) is 5.21. The molecule has 0 atom stereocenters. The second-order valence-electron chi connectivity index (χ2n) is 3.84. The number of ether oxygens (including phenoxy) is 1. The third-order valence-corrected chi connectivity index (χ3v) is 2.59. The Bertz CT molecular complexity index is 567.